The van der Waals surface area contributed by atoms with E-state index in [2.05, 4.69) is 26.7 Å². The molecule has 7 nitrogen and oxygen atoms in total. The summed E-state index contributed by atoms with van der Waals surface area (Å²) in [6.45, 7) is 0.331. The highest BCUT2D eigenvalue weighted by atomic mass is 79.9. The standard InChI is InChI=1S/C25H21BrN4O3S/c26-19-11-13-20(14-12-19)29-24(33)21(15-22(31)27-16-17-7-3-1-4-8-17)30(25(29)34)28-23(32)18-9-5-2-6-10-18/h1-14,21H,15-16H2,(H,27,31)(H,28,32)/t21-/m0/s1. The number of hydrogen-bond donors (Lipinski definition) is 2. The molecule has 0 spiro atoms. The van der Waals surface area contributed by atoms with Gasteiger partial charge in [-0.3, -0.25) is 24.7 Å². The Morgan fingerprint density at radius 2 is 1.53 bits per heavy atom. The zero-order valence-corrected chi connectivity index (χ0v) is 20.4. The van der Waals surface area contributed by atoms with Gasteiger partial charge in [0, 0.05) is 16.6 Å². The first-order chi connectivity index (χ1) is 16.4. The van der Waals surface area contributed by atoms with E-state index in [4.69, 9.17) is 12.2 Å². The van der Waals surface area contributed by atoms with Gasteiger partial charge in [0.2, 0.25) is 11.0 Å². The van der Waals surface area contributed by atoms with Crippen LogP contribution >= 0.6 is 28.1 Å². The topological polar surface area (TPSA) is 81.8 Å². The van der Waals surface area contributed by atoms with Crippen LogP contribution in [0, 0.1) is 0 Å². The highest BCUT2D eigenvalue weighted by Gasteiger charge is 2.45. The van der Waals surface area contributed by atoms with Crippen LogP contribution < -0.4 is 15.6 Å². The summed E-state index contributed by atoms with van der Waals surface area (Å²) < 4.78 is 0.847. The maximum absolute atomic E-state index is 13.4. The van der Waals surface area contributed by atoms with Crippen LogP contribution in [0.1, 0.15) is 22.3 Å². The maximum atomic E-state index is 13.4. The summed E-state index contributed by atoms with van der Waals surface area (Å²) in [5.41, 5.74) is 4.61. The Labute approximate surface area is 210 Å². The van der Waals surface area contributed by atoms with E-state index >= 15 is 0 Å². The molecule has 4 rings (SSSR count). The molecule has 2 N–H and O–H groups in total. The Morgan fingerprint density at radius 1 is 0.912 bits per heavy atom. The molecule has 1 heterocycles. The van der Waals surface area contributed by atoms with E-state index in [0.717, 1.165) is 10.0 Å². The Balaban J connectivity index is 1.55. The molecule has 0 radical (unpaired) electrons. The summed E-state index contributed by atoms with van der Waals surface area (Å²) in [6.07, 6.45) is -0.173. The van der Waals surface area contributed by atoms with E-state index < -0.39 is 17.9 Å². The number of rotatable bonds is 7. The van der Waals surface area contributed by atoms with Crippen molar-refractivity contribution in [3.63, 3.8) is 0 Å². The maximum Gasteiger partial charge on any atom is 0.269 e. The SMILES string of the molecule is O=C(C[C@H]1C(=O)N(c2ccc(Br)cc2)C(=S)N1NC(=O)c1ccccc1)NCc1ccccc1. The van der Waals surface area contributed by atoms with Gasteiger partial charge in [-0.25, -0.2) is 5.01 Å². The minimum Gasteiger partial charge on any atom is -0.352 e. The second-order valence-electron chi connectivity index (χ2n) is 7.59. The van der Waals surface area contributed by atoms with Gasteiger partial charge in [0.15, 0.2) is 0 Å². The van der Waals surface area contributed by atoms with Gasteiger partial charge in [0.05, 0.1) is 12.1 Å². The minimum atomic E-state index is -0.986. The summed E-state index contributed by atoms with van der Waals surface area (Å²) in [5.74, 6) is -1.15. The number of thiocarbonyl (C=S) groups is 1. The molecule has 0 saturated carbocycles. The Bertz CT molecular complexity index is 1210. The monoisotopic (exact) mass is 536 g/mol. The van der Waals surface area contributed by atoms with Crippen LogP contribution in [0.15, 0.2) is 89.4 Å². The van der Waals surface area contributed by atoms with Gasteiger partial charge in [-0.1, -0.05) is 64.5 Å². The third-order valence-electron chi connectivity index (χ3n) is 5.27. The smallest absolute Gasteiger partial charge is 0.269 e. The number of benzene rings is 3. The highest BCUT2D eigenvalue weighted by Crippen LogP contribution is 2.27. The molecule has 3 aromatic carbocycles. The lowest BCUT2D eigenvalue weighted by Crippen LogP contribution is -2.50. The molecule has 1 aliphatic heterocycles. The second-order valence-corrected chi connectivity index (χ2v) is 8.87. The molecule has 0 unspecified atom stereocenters. The molecule has 9 heteroatoms. The first-order valence-corrected chi connectivity index (χ1v) is 11.7. The van der Waals surface area contributed by atoms with Gasteiger partial charge in [0.1, 0.15) is 6.04 Å². The van der Waals surface area contributed by atoms with Crippen molar-refractivity contribution in [2.24, 2.45) is 0 Å². The quantitative estimate of drug-likeness (QED) is 0.449. The average Bonchev–Trinajstić information content (AvgIpc) is 3.08. The summed E-state index contributed by atoms with van der Waals surface area (Å²) in [6, 6.07) is 24.1. The molecular formula is C25H21BrN4O3S. The van der Waals surface area contributed by atoms with Gasteiger partial charge < -0.3 is 5.32 Å². The summed E-state index contributed by atoms with van der Waals surface area (Å²) in [7, 11) is 0. The lowest BCUT2D eigenvalue weighted by Gasteiger charge is -2.24. The third kappa shape index (κ3) is 5.32. The van der Waals surface area contributed by atoms with E-state index in [1.807, 2.05) is 30.3 Å². The third-order valence-corrected chi connectivity index (χ3v) is 6.18. The van der Waals surface area contributed by atoms with Crippen LogP contribution in [-0.2, 0) is 16.1 Å². The fraction of sp³-hybridized carbons (Fsp3) is 0.120. The molecule has 1 atom stereocenters. The van der Waals surface area contributed by atoms with Crippen LogP contribution in [-0.4, -0.2) is 33.9 Å². The van der Waals surface area contributed by atoms with E-state index in [9.17, 15) is 14.4 Å². The zero-order valence-electron chi connectivity index (χ0n) is 18.0. The number of hydrazine groups is 1. The number of nitrogens with one attached hydrogen (secondary N) is 2. The highest BCUT2D eigenvalue weighted by molar-refractivity contribution is 9.10. The molecule has 34 heavy (non-hydrogen) atoms. The van der Waals surface area contributed by atoms with E-state index in [-0.39, 0.29) is 17.4 Å². The van der Waals surface area contributed by atoms with Gasteiger partial charge in [-0.05, 0) is 54.2 Å². The normalized spacial score (nSPS) is 15.4. The molecule has 1 fully saturated rings. The van der Waals surface area contributed by atoms with Crippen LogP contribution in [0.4, 0.5) is 5.69 Å². The summed E-state index contributed by atoms with van der Waals surface area (Å²) in [4.78, 5) is 40.3. The molecule has 1 saturated heterocycles. The van der Waals surface area contributed by atoms with Crippen molar-refractivity contribution in [1.82, 2.24) is 15.8 Å². The largest absolute Gasteiger partial charge is 0.352 e. The van der Waals surface area contributed by atoms with Gasteiger partial charge in [-0.2, -0.15) is 0 Å². The van der Waals surface area contributed by atoms with E-state index in [0.29, 0.717) is 17.8 Å². The van der Waals surface area contributed by atoms with Crippen molar-refractivity contribution in [2.75, 3.05) is 4.90 Å². The number of halogens is 1. The van der Waals surface area contributed by atoms with Crippen molar-refractivity contribution in [1.29, 1.82) is 0 Å². The number of anilines is 1. The lowest BCUT2D eigenvalue weighted by atomic mass is 10.1. The van der Waals surface area contributed by atoms with Crippen LogP contribution in [0.5, 0.6) is 0 Å². The first-order valence-electron chi connectivity index (χ1n) is 10.5. The lowest BCUT2D eigenvalue weighted by molar-refractivity contribution is -0.127. The van der Waals surface area contributed by atoms with Gasteiger partial charge in [-0.15, -0.1) is 0 Å². The van der Waals surface area contributed by atoms with Crippen LogP contribution in [0.3, 0.4) is 0 Å². The summed E-state index contributed by atoms with van der Waals surface area (Å²) in [5, 5.41) is 4.23. The Hall–Kier alpha value is -3.56. The summed E-state index contributed by atoms with van der Waals surface area (Å²) >= 11 is 8.95. The number of carbonyl (C=O) groups excluding carboxylic acids is 3. The molecule has 0 aromatic heterocycles. The average molecular weight is 537 g/mol. The van der Waals surface area contributed by atoms with Gasteiger partial charge in [0.25, 0.3) is 11.8 Å². The molecule has 3 aromatic rings. The van der Waals surface area contributed by atoms with Gasteiger partial charge >= 0.3 is 0 Å². The number of nitrogens with zero attached hydrogens (tertiary/aromatic N) is 2. The minimum absolute atomic E-state index is 0.0949. The molecule has 172 valence electrons. The van der Waals surface area contributed by atoms with Crippen molar-refractivity contribution in [3.8, 4) is 0 Å². The predicted molar refractivity (Wildman–Crippen MR) is 137 cm³/mol. The number of carbonyl (C=O) groups is 3. The molecule has 1 aliphatic rings. The molecule has 0 aliphatic carbocycles. The van der Waals surface area contributed by atoms with E-state index in [1.165, 1.54) is 9.91 Å². The number of amides is 3. The van der Waals surface area contributed by atoms with Crippen molar-refractivity contribution < 1.29 is 14.4 Å². The van der Waals surface area contributed by atoms with Crippen LogP contribution in [0.25, 0.3) is 0 Å². The Kier molecular flexibility index (Phi) is 7.34. The fourth-order valence-electron chi connectivity index (χ4n) is 3.53. The van der Waals surface area contributed by atoms with Crippen LogP contribution in [0.2, 0.25) is 0 Å². The van der Waals surface area contributed by atoms with Crippen molar-refractivity contribution in [2.45, 2.75) is 19.0 Å². The molecule has 0 bridgehead atoms. The fourth-order valence-corrected chi connectivity index (χ4v) is 4.17. The molecule has 3 amide bonds. The zero-order chi connectivity index (χ0) is 24.1. The Morgan fingerprint density at radius 3 is 2.18 bits per heavy atom. The number of hydrogen-bond acceptors (Lipinski definition) is 4. The second kappa shape index (κ2) is 10.6. The van der Waals surface area contributed by atoms with Crippen molar-refractivity contribution >= 4 is 56.7 Å². The first kappa shape index (κ1) is 23.6. The molecular weight excluding hydrogens is 516 g/mol. The van der Waals surface area contributed by atoms with E-state index in [1.54, 1.807) is 54.6 Å². The van der Waals surface area contributed by atoms with Crippen molar-refractivity contribution in [3.05, 3.63) is 101 Å². The predicted octanol–water partition coefficient (Wildman–Crippen LogP) is 3.80.